The Labute approximate surface area is 376 Å². The second kappa shape index (κ2) is 35.5. The molecule has 1 aromatic heterocycles. The number of hydrogen-bond donors (Lipinski definition) is 2. The molecule has 62 heavy (non-hydrogen) atoms. The second-order valence-corrected chi connectivity index (χ2v) is 19.0. The average molecular weight is 893 g/mol. The number of likely N-dealkylation sites (N-methyl/N-ethyl adjacent to an activating group) is 1. The van der Waals surface area contributed by atoms with Gasteiger partial charge in [-0.15, -0.1) is 0 Å². The van der Waals surface area contributed by atoms with Crippen LogP contribution in [0.25, 0.3) is 0 Å². The maximum atomic E-state index is 12.7. The number of aliphatic hydroxyl groups excluding tert-OH is 1. The van der Waals surface area contributed by atoms with Gasteiger partial charge in [-0.25, -0.2) is 4.57 Å². The lowest BCUT2D eigenvalue weighted by atomic mass is 10.0. The number of rotatable bonds is 39. The van der Waals surface area contributed by atoms with Crippen LogP contribution < -0.4 is 0 Å². The number of hydrogen-bond acceptors (Lipinski definition) is 9. The molecule has 1 heterocycles. The van der Waals surface area contributed by atoms with Crippen LogP contribution in [0.3, 0.4) is 0 Å². The van der Waals surface area contributed by atoms with Crippen LogP contribution >= 0.6 is 7.82 Å². The Kier molecular flexibility index (Phi) is 32.8. The Hall–Kier alpha value is -2.79. The van der Waals surface area contributed by atoms with E-state index in [1.54, 1.807) is 0 Å². The number of carbonyl (C=O) groups excluding carboxylic acids is 2. The summed E-state index contributed by atoms with van der Waals surface area (Å²) in [5, 5.41) is 9.75. The maximum Gasteiger partial charge on any atom is 0.472 e. The van der Waals surface area contributed by atoms with Gasteiger partial charge in [0.2, 0.25) is 0 Å². The van der Waals surface area contributed by atoms with E-state index in [9.17, 15) is 24.2 Å². The summed E-state index contributed by atoms with van der Waals surface area (Å²) in [5.74, 6) is 1.42. The zero-order valence-electron chi connectivity index (χ0n) is 39.9. The first-order valence-corrected chi connectivity index (χ1v) is 25.3. The minimum atomic E-state index is -4.42. The number of phosphoric ester groups is 1. The van der Waals surface area contributed by atoms with E-state index in [0.29, 0.717) is 36.7 Å². The number of aliphatic hydroxyl groups is 1. The van der Waals surface area contributed by atoms with E-state index in [0.717, 1.165) is 76.4 Å². The van der Waals surface area contributed by atoms with Crippen LogP contribution in [0.5, 0.6) is 0 Å². The summed E-state index contributed by atoms with van der Waals surface area (Å²) in [4.78, 5) is 35.5. The van der Waals surface area contributed by atoms with Gasteiger partial charge in [0.1, 0.15) is 31.3 Å². The van der Waals surface area contributed by atoms with Gasteiger partial charge in [0.25, 0.3) is 0 Å². The standard InChI is InChI=1S/C50H86NO10P/c1-8-10-28-35-47-43(3)44(4)48(61-47)36-30-25-21-18-19-22-26-31-37-49(53)57-41-46(42-59-62(55,56)58-40-39-51(5,6)7)60-50(54)38-32-27-23-17-15-13-11-12-14-16-20-24-29-34-45(52)33-9-2/h11,13-14,16-17,23-24,29,45-46,52H,8-10,12,15,18-22,25-28,30-42H2,1-7H3/p+1/b13-11-,16-14-,23-17-,29-24-/t45?,46-/m1/s1. The van der Waals surface area contributed by atoms with Gasteiger partial charge in [-0.3, -0.25) is 18.6 Å². The topological polar surface area (TPSA) is 142 Å². The van der Waals surface area contributed by atoms with Crippen molar-refractivity contribution in [3.8, 4) is 0 Å². The summed E-state index contributed by atoms with van der Waals surface area (Å²) in [5.41, 5.74) is 2.65. The van der Waals surface area contributed by atoms with Crippen molar-refractivity contribution in [2.45, 2.75) is 188 Å². The third-order valence-corrected chi connectivity index (χ3v) is 11.6. The highest BCUT2D eigenvalue weighted by Gasteiger charge is 2.27. The monoisotopic (exact) mass is 893 g/mol. The van der Waals surface area contributed by atoms with Crippen LogP contribution in [0.1, 0.15) is 171 Å². The number of unbranched alkanes of at least 4 members (excludes halogenated alkanes) is 10. The normalized spacial score (nSPS) is 14.4. The van der Waals surface area contributed by atoms with Crippen LogP contribution in [0, 0.1) is 13.8 Å². The van der Waals surface area contributed by atoms with Gasteiger partial charge >= 0.3 is 19.8 Å². The maximum absolute atomic E-state index is 12.7. The van der Waals surface area contributed by atoms with Crippen LogP contribution in [-0.4, -0.2) is 86.1 Å². The highest BCUT2D eigenvalue weighted by molar-refractivity contribution is 7.47. The lowest BCUT2D eigenvalue weighted by Gasteiger charge is -2.24. The predicted molar refractivity (Wildman–Crippen MR) is 252 cm³/mol. The first-order valence-electron chi connectivity index (χ1n) is 23.8. The zero-order valence-corrected chi connectivity index (χ0v) is 40.8. The van der Waals surface area contributed by atoms with E-state index in [2.05, 4.69) is 64.2 Å². The van der Waals surface area contributed by atoms with Gasteiger partial charge in [0, 0.05) is 25.7 Å². The zero-order chi connectivity index (χ0) is 45.9. The highest BCUT2D eigenvalue weighted by Crippen LogP contribution is 2.43. The Bertz CT molecular complexity index is 1490. The van der Waals surface area contributed by atoms with Crippen molar-refractivity contribution in [2.75, 3.05) is 47.5 Å². The summed E-state index contributed by atoms with van der Waals surface area (Å²) >= 11 is 0. The fourth-order valence-electron chi connectivity index (χ4n) is 6.61. The number of furan rings is 1. The first kappa shape index (κ1) is 57.2. The van der Waals surface area contributed by atoms with Gasteiger partial charge in [-0.2, -0.15) is 0 Å². The van der Waals surface area contributed by atoms with Crippen molar-refractivity contribution in [3.05, 3.63) is 71.3 Å². The van der Waals surface area contributed by atoms with Crippen molar-refractivity contribution in [1.82, 2.24) is 0 Å². The average Bonchev–Trinajstić information content (AvgIpc) is 3.48. The highest BCUT2D eigenvalue weighted by atomic mass is 31.2. The van der Waals surface area contributed by atoms with Crippen LogP contribution in [-0.2, 0) is 45.5 Å². The second-order valence-electron chi connectivity index (χ2n) is 17.6. The molecule has 0 bridgehead atoms. The predicted octanol–water partition coefficient (Wildman–Crippen LogP) is 12.1. The van der Waals surface area contributed by atoms with E-state index in [1.807, 2.05) is 33.3 Å². The summed E-state index contributed by atoms with van der Waals surface area (Å²) in [6.45, 7) is 8.45. The fourth-order valence-corrected chi connectivity index (χ4v) is 7.35. The molecule has 0 saturated carbocycles. The van der Waals surface area contributed by atoms with Crippen LogP contribution in [0.15, 0.2) is 53.0 Å². The molecule has 1 rings (SSSR count). The molecule has 2 N–H and O–H groups in total. The molecule has 0 saturated heterocycles. The minimum Gasteiger partial charge on any atom is -0.466 e. The molecule has 0 aromatic carbocycles. The van der Waals surface area contributed by atoms with Crippen molar-refractivity contribution in [3.63, 3.8) is 0 Å². The van der Waals surface area contributed by atoms with Crippen LogP contribution in [0.4, 0.5) is 0 Å². The van der Waals surface area contributed by atoms with E-state index < -0.39 is 32.5 Å². The number of nitrogens with zero attached hydrogens (tertiary/aromatic N) is 1. The molecule has 1 aromatic rings. The van der Waals surface area contributed by atoms with Crippen molar-refractivity contribution < 1.29 is 51.6 Å². The smallest absolute Gasteiger partial charge is 0.466 e. The van der Waals surface area contributed by atoms with E-state index >= 15 is 0 Å². The largest absolute Gasteiger partial charge is 0.472 e. The number of quaternary nitrogens is 1. The van der Waals surface area contributed by atoms with E-state index in [-0.39, 0.29) is 32.2 Å². The Balaban J connectivity index is 2.38. The first-order chi connectivity index (χ1) is 29.7. The van der Waals surface area contributed by atoms with Gasteiger partial charge < -0.3 is 28.4 Å². The summed E-state index contributed by atoms with van der Waals surface area (Å²) < 4.78 is 40.6. The number of esters is 2. The molecule has 0 fully saturated rings. The molecule has 3 atom stereocenters. The number of ether oxygens (including phenoxy) is 2. The quantitative estimate of drug-likeness (QED) is 0.0216. The molecule has 0 aliphatic heterocycles. The van der Waals surface area contributed by atoms with Gasteiger partial charge in [-0.05, 0) is 89.2 Å². The minimum absolute atomic E-state index is 0.00643. The molecule has 0 amide bonds. The van der Waals surface area contributed by atoms with Crippen molar-refractivity contribution >= 4 is 19.8 Å². The number of carbonyl (C=O) groups is 2. The molecule has 0 spiro atoms. The van der Waals surface area contributed by atoms with E-state index in [1.165, 1.54) is 55.4 Å². The number of allylic oxidation sites excluding steroid dienone is 7. The molecule has 0 aliphatic rings. The molecule has 356 valence electrons. The molecule has 12 heteroatoms. The van der Waals surface area contributed by atoms with Crippen molar-refractivity contribution in [2.24, 2.45) is 0 Å². The van der Waals surface area contributed by atoms with Gasteiger partial charge in [0.15, 0.2) is 6.10 Å². The number of phosphoric acid groups is 1. The third kappa shape index (κ3) is 32.0. The van der Waals surface area contributed by atoms with Gasteiger partial charge in [0.05, 0.1) is 33.9 Å². The SMILES string of the molecule is CCCCCc1oc(CCCCCCCCCCC(=O)OC[C@H](COP(=O)(O)OCC[N+](C)(C)C)OC(=O)CCC/C=C\C/C=C\C/C=C\C/C=C\CC(O)CCC)c(C)c1C. The summed E-state index contributed by atoms with van der Waals surface area (Å²) in [7, 11) is 1.39. The fraction of sp³-hybridized carbons (Fsp3) is 0.720. The van der Waals surface area contributed by atoms with Crippen molar-refractivity contribution in [1.29, 1.82) is 0 Å². The lowest BCUT2D eigenvalue weighted by molar-refractivity contribution is -0.870. The molecule has 0 aliphatic carbocycles. The number of aryl methyl sites for hydroxylation is 2. The Morgan fingerprint density at radius 1 is 0.677 bits per heavy atom. The molecular formula is C50H87NO10P+. The third-order valence-electron chi connectivity index (χ3n) is 10.6. The Morgan fingerprint density at radius 2 is 1.21 bits per heavy atom. The van der Waals surface area contributed by atoms with E-state index in [4.69, 9.17) is 22.9 Å². The summed E-state index contributed by atoms with van der Waals surface area (Å²) in [6.07, 6.45) is 36.2. The molecular weight excluding hydrogens is 806 g/mol. The lowest BCUT2D eigenvalue weighted by Crippen LogP contribution is -2.37. The summed E-state index contributed by atoms with van der Waals surface area (Å²) in [6, 6.07) is 0. The molecule has 0 radical (unpaired) electrons. The van der Waals surface area contributed by atoms with Crippen LogP contribution in [0.2, 0.25) is 0 Å². The van der Waals surface area contributed by atoms with Gasteiger partial charge in [-0.1, -0.05) is 120 Å². The molecule has 11 nitrogen and oxygen atoms in total. The molecule has 2 unspecified atom stereocenters. The Morgan fingerprint density at radius 3 is 1.79 bits per heavy atom.